The average molecular weight is 364 g/mol. The number of benzene rings is 2. The number of rotatable bonds is 7. The highest BCUT2D eigenvalue weighted by Crippen LogP contribution is 2.25. The van der Waals surface area contributed by atoms with E-state index in [1.165, 1.54) is 0 Å². The maximum Gasteiger partial charge on any atom is 0.248 e. The summed E-state index contributed by atoms with van der Waals surface area (Å²) in [5.41, 5.74) is 7.15. The fraction of sp³-hybridized carbons (Fsp3) is 0.143. The number of aryl methyl sites for hydroxylation is 1. The summed E-state index contributed by atoms with van der Waals surface area (Å²) in [6, 6.07) is 17.8. The molecule has 0 saturated carbocycles. The van der Waals surface area contributed by atoms with Gasteiger partial charge in [-0.2, -0.15) is 0 Å². The Balaban J connectivity index is 1.54. The molecule has 27 heavy (non-hydrogen) atoms. The molecule has 0 spiro atoms. The van der Waals surface area contributed by atoms with Crippen LogP contribution in [0.25, 0.3) is 11.3 Å². The van der Waals surface area contributed by atoms with Gasteiger partial charge in [-0.05, 0) is 60.7 Å². The first-order chi connectivity index (χ1) is 13.0. The zero-order chi connectivity index (χ0) is 19.2. The van der Waals surface area contributed by atoms with Crippen LogP contribution in [0.1, 0.15) is 22.5 Å². The molecule has 0 aliphatic carbocycles. The topological polar surface area (TPSA) is 94.6 Å². The van der Waals surface area contributed by atoms with Crippen molar-refractivity contribution in [1.82, 2.24) is 0 Å². The normalized spacial score (nSPS) is 10.4. The van der Waals surface area contributed by atoms with Crippen molar-refractivity contribution in [3.8, 4) is 17.1 Å². The second kappa shape index (κ2) is 8.23. The van der Waals surface area contributed by atoms with E-state index in [0.29, 0.717) is 17.7 Å². The number of nitrogens with one attached hydrogen (secondary N) is 1. The molecule has 3 rings (SSSR count). The third-order valence-corrected chi connectivity index (χ3v) is 4.09. The number of methoxy groups -OCH3 is 1. The van der Waals surface area contributed by atoms with E-state index < -0.39 is 5.91 Å². The molecule has 0 atom stereocenters. The van der Waals surface area contributed by atoms with Crippen LogP contribution in [0, 0.1) is 0 Å². The predicted octanol–water partition coefficient (Wildman–Crippen LogP) is 3.63. The van der Waals surface area contributed by atoms with Gasteiger partial charge in [-0.3, -0.25) is 9.59 Å². The first-order valence-electron chi connectivity index (χ1n) is 8.48. The van der Waals surface area contributed by atoms with Crippen LogP contribution < -0.4 is 15.8 Å². The largest absolute Gasteiger partial charge is 0.497 e. The summed E-state index contributed by atoms with van der Waals surface area (Å²) in [7, 11) is 1.62. The molecular formula is C21H20N2O4. The van der Waals surface area contributed by atoms with Crippen molar-refractivity contribution in [2.45, 2.75) is 12.8 Å². The van der Waals surface area contributed by atoms with E-state index >= 15 is 0 Å². The zero-order valence-electron chi connectivity index (χ0n) is 14.9. The molecule has 3 N–H and O–H groups in total. The van der Waals surface area contributed by atoms with E-state index in [0.717, 1.165) is 22.8 Å². The highest BCUT2D eigenvalue weighted by molar-refractivity contribution is 5.94. The standard InChI is InChI=1S/C21H20N2O4/c1-26-17-8-4-14(5-9-17)19-12-10-18(27-19)11-13-20(24)23-16-6-2-15(3-7-16)21(22)25/h2-10,12H,11,13H2,1H3,(H2,22,25)(H,23,24). The summed E-state index contributed by atoms with van der Waals surface area (Å²) in [6.45, 7) is 0. The number of nitrogens with two attached hydrogens (primary N) is 1. The van der Waals surface area contributed by atoms with Crippen molar-refractivity contribution in [1.29, 1.82) is 0 Å². The molecule has 0 fully saturated rings. The molecule has 0 saturated heterocycles. The average Bonchev–Trinajstić information content (AvgIpc) is 3.16. The minimum absolute atomic E-state index is 0.135. The van der Waals surface area contributed by atoms with Gasteiger partial charge in [0, 0.05) is 29.7 Å². The molecule has 1 heterocycles. The van der Waals surface area contributed by atoms with Crippen LogP contribution in [0.2, 0.25) is 0 Å². The number of hydrogen-bond acceptors (Lipinski definition) is 4. The monoisotopic (exact) mass is 364 g/mol. The molecule has 0 bridgehead atoms. The summed E-state index contributed by atoms with van der Waals surface area (Å²) in [5, 5.41) is 2.78. The predicted molar refractivity (Wildman–Crippen MR) is 103 cm³/mol. The fourth-order valence-corrected chi connectivity index (χ4v) is 2.60. The number of furan rings is 1. The van der Waals surface area contributed by atoms with E-state index in [1.807, 2.05) is 36.4 Å². The van der Waals surface area contributed by atoms with Gasteiger partial charge in [0.05, 0.1) is 7.11 Å². The molecule has 6 heteroatoms. The third kappa shape index (κ3) is 4.76. The quantitative estimate of drug-likeness (QED) is 0.669. The van der Waals surface area contributed by atoms with Crippen LogP contribution in [-0.4, -0.2) is 18.9 Å². The highest BCUT2D eigenvalue weighted by atomic mass is 16.5. The van der Waals surface area contributed by atoms with Gasteiger partial charge in [0.15, 0.2) is 0 Å². The minimum atomic E-state index is -0.502. The summed E-state index contributed by atoms with van der Waals surface area (Å²) < 4.78 is 11.0. The highest BCUT2D eigenvalue weighted by Gasteiger charge is 2.09. The fourth-order valence-electron chi connectivity index (χ4n) is 2.60. The van der Waals surface area contributed by atoms with Gasteiger partial charge in [-0.1, -0.05) is 0 Å². The maximum absolute atomic E-state index is 12.1. The van der Waals surface area contributed by atoms with Gasteiger partial charge in [0.1, 0.15) is 17.3 Å². The number of amides is 2. The van der Waals surface area contributed by atoms with E-state index in [9.17, 15) is 9.59 Å². The van der Waals surface area contributed by atoms with Gasteiger partial charge >= 0.3 is 0 Å². The van der Waals surface area contributed by atoms with Crippen molar-refractivity contribution in [2.75, 3.05) is 12.4 Å². The number of carbonyl (C=O) groups is 2. The minimum Gasteiger partial charge on any atom is -0.497 e. The molecule has 2 aromatic carbocycles. The smallest absolute Gasteiger partial charge is 0.248 e. The van der Waals surface area contributed by atoms with Crippen LogP contribution in [0.5, 0.6) is 5.75 Å². The molecule has 0 radical (unpaired) electrons. The molecule has 0 aliphatic rings. The van der Waals surface area contributed by atoms with Gasteiger partial charge in [-0.15, -0.1) is 0 Å². The van der Waals surface area contributed by atoms with Crippen molar-refractivity contribution < 1.29 is 18.7 Å². The Morgan fingerprint density at radius 1 is 1.00 bits per heavy atom. The second-order valence-electron chi connectivity index (χ2n) is 5.98. The number of hydrogen-bond donors (Lipinski definition) is 2. The lowest BCUT2D eigenvalue weighted by molar-refractivity contribution is -0.116. The van der Waals surface area contributed by atoms with Gasteiger partial charge < -0.3 is 20.2 Å². The second-order valence-corrected chi connectivity index (χ2v) is 5.98. The first kappa shape index (κ1) is 18.3. The molecule has 1 aromatic heterocycles. The Kier molecular flexibility index (Phi) is 5.56. The van der Waals surface area contributed by atoms with Crippen molar-refractivity contribution in [3.63, 3.8) is 0 Å². The lowest BCUT2D eigenvalue weighted by Crippen LogP contribution is -2.13. The summed E-state index contributed by atoms with van der Waals surface area (Å²) in [4.78, 5) is 23.1. The Morgan fingerprint density at radius 3 is 2.33 bits per heavy atom. The molecule has 6 nitrogen and oxygen atoms in total. The zero-order valence-corrected chi connectivity index (χ0v) is 14.9. The van der Waals surface area contributed by atoms with E-state index in [1.54, 1.807) is 31.4 Å². The van der Waals surface area contributed by atoms with E-state index in [2.05, 4.69) is 5.32 Å². The molecule has 138 valence electrons. The molecule has 2 amide bonds. The Labute approximate surface area is 156 Å². The lowest BCUT2D eigenvalue weighted by Gasteiger charge is -2.05. The number of ether oxygens (including phenoxy) is 1. The summed E-state index contributed by atoms with van der Waals surface area (Å²) >= 11 is 0. The van der Waals surface area contributed by atoms with Crippen molar-refractivity contribution >= 4 is 17.5 Å². The SMILES string of the molecule is COc1ccc(-c2ccc(CCC(=O)Nc3ccc(C(N)=O)cc3)o2)cc1. The number of anilines is 1. The molecule has 3 aromatic rings. The number of carbonyl (C=O) groups excluding carboxylic acids is 2. The Hall–Kier alpha value is -3.54. The van der Waals surface area contributed by atoms with E-state index in [4.69, 9.17) is 14.9 Å². The summed E-state index contributed by atoms with van der Waals surface area (Å²) in [6.07, 6.45) is 0.772. The van der Waals surface area contributed by atoms with Crippen molar-refractivity contribution in [2.24, 2.45) is 5.73 Å². The maximum atomic E-state index is 12.1. The van der Waals surface area contributed by atoms with Crippen LogP contribution in [0.4, 0.5) is 5.69 Å². The van der Waals surface area contributed by atoms with E-state index in [-0.39, 0.29) is 12.3 Å². The Morgan fingerprint density at radius 2 is 1.70 bits per heavy atom. The van der Waals surface area contributed by atoms with Gasteiger partial charge in [-0.25, -0.2) is 0 Å². The lowest BCUT2D eigenvalue weighted by atomic mass is 10.1. The van der Waals surface area contributed by atoms with Crippen LogP contribution >= 0.6 is 0 Å². The summed E-state index contributed by atoms with van der Waals surface area (Å²) in [5.74, 6) is 1.63. The molecular weight excluding hydrogens is 344 g/mol. The van der Waals surface area contributed by atoms with Crippen molar-refractivity contribution in [3.05, 3.63) is 72.0 Å². The Bertz CT molecular complexity index is 928. The van der Waals surface area contributed by atoms with Crippen LogP contribution in [0.15, 0.2) is 65.1 Å². The third-order valence-electron chi connectivity index (χ3n) is 4.09. The van der Waals surface area contributed by atoms with Gasteiger partial charge in [0.2, 0.25) is 11.8 Å². The first-order valence-corrected chi connectivity index (χ1v) is 8.48. The molecule has 0 unspecified atom stereocenters. The van der Waals surface area contributed by atoms with Crippen LogP contribution in [-0.2, 0) is 11.2 Å². The number of primary amides is 1. The van der Waals surface area contributed by atoms with Crippen LogP contribution in [0.3, 0.4) is 0 Å². The van der Waals surface area contributed by atoms with Gasteiger partial charge in [0.25, 0.3) is 0 Å². The molecule has 0 aliphatic heterocycles.